The number of aromatic nitrogens is 1. The molecule has 0 bridgehead atoms. The molecule has 34 heavy (non-hydrogen) atoms. The van der Waals surface area contributed by atoms with Gasteiger partial charge in [0.1, 0.15) is 0 Å². The van der Waals surface area contributed by atoms with Gasteiger partial charge in [0.25, 0.3) is 5.91 Å². The molecule has 2 fully saturated rings. The van der Waals surface area contributed by atoms with Crippen LogP contribution in [-0.2, 0) is 4.74 Å². The van der Waals surface area contributed by atoms with E-state index < -0.39 is 0 Å². The van der Waals surface area contributed by atoms with E-state index in [0.29, 0.717) is 18.6 Å². The van der Waals surface area contributed by atoms with Crippen LogP contribution in [0.15, 0.2) is 61.4 Å². The molecule has 4 rings (SSSR count). The number of ether oxygens (including phenoxy) is 1. The van der Waals surface area contributed by atoms with Crippen LogP contribution in [0.1, 0.15) is 70.6 Å². The smallest absolute Gasteiger partial charge is 0.251 e. The predicted molar refractivity (Wildman–Crippen MR) is 143 cm³/mol. The van der Waals surface area contributed by atoms with Crippen molar-refractivity contribution in [1.29, 1.82) is 0 Å². The van der Waals surface area contributed by atoms with Crippen molar-refractivity contribution in [1.82, 2.24) is 14.8 Å². The molecule has 1 aliphatic carbocycles. The van der Waals surface area contributed by atoms with E-state index in [0.717, 1.165) is 43.7 Å². The molecule has 2 aliphatic rings. The molecule has 5 nitrogen and oxygen atoms in total. The molecule has 2 heterocycles. The number of carbonyl (C=O) groups is 1. The van der Waals surface area contributed by atoms with Gasteiger partial charge < -0.3 is 19.5 Å². The molecule has 0 spiro atoms. The van der Waals surface area contributed by atoms with Gasteiger partial charge in [-0.1, -0.05) is 39.2 Å². The van der Waals surface area contributed by atoms with E-state index in [1.807, 2.05) is 73.3 Å². The molecule has 1 saturated heterocycles. The summed E-state index contributed by atoms with van der Waals surface area (Å²) in [5, 5.41) is 3.40. The standard InChI is InChI=1S/C27H37N3O2.C2H6.H2/c1-2-19-32-25-10-8-16-29(21-25)20-23-9-4-3-5-11-26(23)28-27(31)22-12-14-24(15-13-22)30-17-6-7-18-30;1-2;/h2,6-7,12-15,17-18,23,25-26H,1,3-5,8-11,16,19-21H2,(H,28,31);1-2H3;1H/t23-,25+,26+;;/m0../s1. The number of rotatable bonds is 8. The fraction of sp³-hybridized carbons (Fsp3) is 0.552. The van der Waals surface area contributed by atoms with Gasteiger partial charge in [-0.15, -0.1) is 6.58 Å². The van der Waals surface area contributed by atoms with Crippen LogP contribution in [0.25, 0.3) is 5.69 Å². The number of benzene rings is 1. The normalized spacial score (nSPS) is 23.3. The minimum absolute atomic E-state index is 0. The molecule has 1 aromatic carbocycles. The summed E-state index contributed by atoms with van der Waals surface area (Å²) in [4.78, 5) is 15.6. The van der Waals surface area contributed by atoms with Crippen LogP contribution in [0.3, 0.4) is 0 Å². The highest BCUT2D eigenvalue weighted by Crippen LogP contribution is 2.26. The quantitative estimate of drug-likeness (QED) is 0.377. The topological polar surface area (TPSA) is 46.5 Å². The number of hydrogen-bond donors (Lipinski definition) is 1. The molecular weight excluding hydrogens is 422 g/mol. The Morgan fingerprint density at radius 3 is 2.56 bits per heavy atom. The summed E-state index contributed by atoms with van der Waals surface area (Å²) in [5.74, 6) is 0.547. The number of amides is 1. The van der Waals surface area contributed by atoms with Gasteiger partial charge in [-0.25, -0.2) is 0 Å². The second kappa shape index (κ2) is 14.1. The van der Waals surface area contributed by atoms with Gasteiger partial charge in [-0.05, 0) is 74.5 Å². The maximum Gasteiger partial charge on any atom is 0.251 e. The minimum atomic E-state index is 0. The molecule has 2 aromatic rings. The van der Waals surface area contributed by atoms with Crippen LogP contribution in [0.5, 0.6) is 0 Å². The molecule has 3 atom stereocenters. The SMILES string of the molecule is C=CCO[C@@H]1CCCN(C[C@@H]2CCCCC[C@H]2NC(=O)c2ccc(-n3cccc3)cc2)C1.CC.[HH]. The highest BCUT2D eigenvalue weighted by molar-refractivity contribution is 5.94. The van der Waals surface area contributed by atoms with Crippen LogP contribution < -0.4 is 5.32 Å². The van der Waals surface area contributed by atoms with E-state index in [-0.39, 0.29) is 13.4 Å². The van der Waals surface area contributed by atoms with Crippen LogP contribution in [-0.4, -0.2) is 53.8 Å². The van der Waals surface area contributed by atoms with Crippen LogP contribution in [0, 0.1) is 5.92 Å². The summed E-state index contributed by atoms with van der Waals surface area (Å²) in [6, 6.07) is 12.1. The molecule has 1 aliphatic heterocycles. The van der Waals surface area contributed by atoms with Gasteiger partial charge in [-0.2, -0.15) is 0 Å². The molecular formula is C29H45N3O2. The maximum absolute atomic E-state index is 13.1. The molecule has 0 radical (unpaired) electrons. The largest absolute Gasteiger partial charge is 0.373 e. The summed E-state index contributed by atoms with van der Waals surface area (Å²) < 4.78 is 7.98. The Morgan fingerprint density at radius 1 is 1.09 bits per heavy atom. The van der Waals surface area contributed by atoms with Crippen molar-refractivity contribution in [3.63, 3.8) is 0 Å². The summed E-state index contributed by atoms with van der Waals surface area (Å²) in [5.41, 5.74) is 1.80. The molecule has 188 valence electrons. The monoisotopic (exact) mass is 467 g/mol. The van der Waals surface area contributed by atoms with Gasteiger partial charge in [0.2, 0.25) is 0 Å². The van der Waals surface area contributed by atoms with E-state index in [4.69, 9.17) is 4.74 Å². The van der Waals surface area contributed by atoms with Gasteiger partial charge >= 0.3 is 0 Å². The molecule has 1 aromatic heterocycles. The van der Waals surface area contributed by atoms with Gasteiger partial charge in [0.15, 0.2) is 0 Å². The van der Waals surface area contributed by atoms with Crippen molar-refractivity contribution in [2.24, 2.45) is 5.92 Å². The second-order valence-electron chi connectivity index (χ2n) is 9.26. The zero-order chi connectivity index (χ0) is 24.2. The van der Waals surface area contributed by atoms with Crippen LogP contribution >= 0.6 is 0 Å². The van der Waals surface area contributed by atoms with Gasteiger partial charge in [-0.3, -0.25) is 4.79 Å². The first-order valence-corrected chi connectivity index (χ1v) is 13.2. The maximum atomic E-state index is 13.1. The lowest BCUT2D eigenvalue weighted by Gasteiger charge is -2.37. The zero-order valence-corrected chi connectivity index (χ0v) is 21.1. The Kier molecular flexibility index (Phi) is 10.9. The first kappa shape index (κ1) is 26.2. The van der Waals surface area contributed by atoms with Crippen molar-refractivity contribution in [2.75, 3.05) is 26.2 Å². The summed E-state index contributed by atoms with van der Waals surface area (Å²) in [6.45, 7) is 11.6. The third-order valence-corrected chi connectivity index (χ3v) is 6.91. The summed E-state index contributed by atoms with van der Waals surface area (Å²) in [7, 11) is 0. The Morgan fingerprint density at radius 2 is 1.82 bits per heavy atom. The number of nitrogens with zero attached hydrogens (tertiary/aromatic N) is 2. The molecule has 1 saturated carbocycles. The molecule has 1 N–H and O–H groups in total. The molecule has 5 heteroatoms. The van der Waals surface area contributed by atoms with E-state index in [1.165, 1.54) is 32.1 Å². The van der Waals surface area contributed by atoms with Crippen LogP contribution in [0.2, 0.25) is 0 Å². The number of nitrogens with one attached hydrogen (secondary N) is 1. The highest BCUT2D eigenvalue weighted by Gasteiger charge is 2.29. The van der Waals surface area contributed by atoms with Crippen molar-refractivity contribution >= 4 is 5.91 Å². The van der Waals surface area contributed by atoms with E-state index in [9.17, 15) is 4.79 Å². The fourth-order valence-corrected chi connectivity index (χ4v) is 5.19. The Bertz CT molecular complexity index is 853. The number of carbonyl (C=O) groups excluding carboxylic acids is 1. The molecule has 1 amide bonds. The van der Waals surface area contributed by atoms with Crippen molar-refractivity contribution in [3.8, 4) is 5.69 Å². The lowest BCUT2D eigenvalue weighted by Crippen LogP contribution is -2.47. The Balaban J connectivity index is 0.00000140. The number of piperidine rings is 1. The first-order chi connectivity index (χ1) is 16.7. The highest BCUT2D eigenvalue weighted by atomic mass is 16.5. The first-order valence-electron chi connectivity index (χ1n) is 13.2. The average Bonchev–Trinajstić information content (AvgIpc) is 3.34. The Hall–Kier alpha value is -2.37. The van der Waals surface area contributed by atoms with Crippen molar-refractivity contribution in [2.45, 2.75) is 70.9 Å². The summed E-state index contributed by atoms with van der Waals surface area (Å²) in [6.07, 6.45) is 14.4. The number of likely N-dealkylation sites (tertiary alicyclic amines) is 1. The van der Waals surface area contributed by atoms with E-state index in [2.05, 4.69) is 16.8 Å². The van der Waals surface area contributed by atoms with Gasteiger partial charge in [0.05, 0.1) is 12.7 Å². The second-order valence-corrected chi connectivity index (χ2v) is 9.26. The van der Waals surface area contributed by atoms with E-state index >= 15 is 0 Å². The Labute approximate surface area is 207 Å². The number of hydrogen-bond acceptors (Lipinski definition) is 3. The lowest BCUT2D eigenvalue weighted by molar-refractivity contribution is 0.00669. The third-order valence-electron chi connectivity index (χ3n) is 6.91. The average molecular weight is 468 g/mol. The van der Waals surface area contributed by atoms with Crippen LogP contribution in [0.4, 0.5) is 0 Å². The summed E-state index contributed by atoms with van der Waals surface area (Å²) >= 11 is 0. The third kappa shape index (κ3) is 7.57. The van der Waals surface area contributed by atoms with Crippen molar-refractivity contribution in [3.05, 3.63) is 67.0 Å². The minimum Gasteiger partial charge on any atom is -0.373 e. The lowest BCUT2D eigenvalue weighted by atomic mass is 9.92. The van der Waals surface area contributed by atoms with E-state index in [1.54, 1.807) is 0 Å². The molecule has 0 unspecified atom stereocenters. The fourth-order valence-electron chi connectivity index (χ4n) is 5.19. The van der Waals surface area contributed by atoms with Crippen molar-refractivity contribution < 1.29 is 11.0 Å². The predicted octanol–water partition coefficient (Wildman–Crippen LogP) is 6.10. The zero-order valence-electron chi connectivity index (χ0n) is 21.1. The van der Waals surface area contributed by atoms with Gasteiger partial charge in [0, 0.05) is 44.2 Å².